The molecule has 0 aromatic rings. The number of rotatable bonds is 6. The zero-order chi connectivity index (χ0) is 11.0. The summed E-state index contributed by atoms with van der Waals surface area (Å²) in [4.78, 5) is 13.1. The molecule has 0 amide bonds. The van der Waals surface area contributed by atoms with Crippen molar-refractivity contribution in [2.45, 2.75) is 32.7 Å². The fourth-order valence-corrected chi connectivity index (χ4v) is 1.06. The van der Waals surface area contributed by atoms with Crippen molar-refractivity contribution in [2.75, 3.05) is 20.2 Å². The smallest absolute Gasteiger partial charge is 0.307 e. The van der Waals surface area contributed by atoms with Gasteiger partial charge in [-0.2, -0.15) is 5.26 Å². The van der Waals surface area contributed by atoms with E-state index in [1.165, 1.54) is 0 Å². The van der Waals surface area contributed by atoms with Crippen LogP contribution >= 0.6 is 0 Å². The van der Waals surface area contributed by atoms with E-state index < -0.39 is 0 Å². The molecule has 0 heterocycles. The Morgan fingerprint density at radius 3 is 2.79 bits per heavy atom. The van der Waals surface area contributed by atoms with E-state index in [2.05, 4.69) is 6.07 Å². The number of carbonyl (C=O) groups excluding carboxylic acids is 1. The Morgan fingerprint density at radius 1 is 1.64 bits per heavy atom. The van der Waals surface area contributed by atoms with E-state index >= 15 is 0 Å². The zero-order valence-corrected chi connectivity index (χ0v) is 9.12. The Bertz CT molecular complexity index is 211. The van der Waals surface area contributed by atoms with Gasteiger partial charge in [-0.05, 0) is 20.9 Å². The predicted molar refractivity (Wildman–Crippen MR) is 53.6 cm³/mol. The molecular formula is C10H18N2O2. The average Bonchev–Trinajstić information content (AvgIpc) is 2.14. The minimum absolute atomic E-state index is 0.127. The largest absolute Gasteiger partial charge is 0.466 e. The molecule has 14 heavy (non-hydrogen) atoms. The molecule has 0 radical (unpaired) electrons. The summed E-state index contributed by atoms with van der Waals surface area (Å²) in [6.45, 7) is 4.86. The van der Waals surface area contributed by atoms with Crippen LogP contribution in [0.15, 0.2) is 0 Å². The third-order valence-corrected chi connectivity index (χ3v) is 2.10. The first-order valence-corrected chi connectivity index (χ1v) is 4.84. The first kappa shape index (κ1) is 12.9. The maximum atomic E-state index is 11.1. The van der Waals surface area contributed by atoms with E-state index in [4.69, 9.17) is 10.00 Å². The molecule has 80 valence electrons. The van der Waals surface area contributed by atoms with Gasteiger partial charge in [-0.1, -0.05) is 0 Å². The van der Waals surface area contributed by atoms with Crippen molar-refractivity contribution in [3.63, 3.8) is 0 Å². The predicted octanol–water partition coefficient (Wildman–Crippen LogP) is 1.17. The maximum absolute atomic E-state index is 11.1. The highest BCUT2D eigenvalue weighted by Crippen LogP contribution is 2.03. The van der Waals surface area contributed by atoms with E-state index in [1.807, 2.05) is 18.9 Å². The third-order valence-electron chi connectivity index (χ3n) is 2.10. The van der Waals surface area contributed by atoms with Gasteiger partial charge in [0.2, 0.25) is 0 Å². The molecule has 0 spiro atoms. The summed E-state index contributed by atoms with van der Waals surface area (Å²) in [7, 11) is 1.90. The molecule has 1 atom stereocenters. The second-order valence-electron chi connectivity index (χ2n) is 3.25. The summed E-state index contributed by atoms with van der Waals surface area (Å²) < 4.78 is 4.84. The number of carbonyl (C=O) groups is 1. The minimum Gasteiger partial charge on any atom is -0.466 e. The van der Waals surface area contributed by atoms with Crippen LogP contribution in [0.2, 0.25) is 0 Å². The fraction of sp³-hybridized carbons (Fsp3) is 0.800. The normalized spacial score (nSPS) is 12.2. The van der Waals surface area contributed by atoms with Gasteiger partial charge in [0, 0.05) is 19.0 Å². The molecule has 1 unspecified atom stereocenters. The lowest BCUT2D eigenvalue weighted by atomic mass is 10.2. The van der Waals surface area contributed by atoms with Crippen LogP contribution in [0.1, 0.15) is 26.7 Å². The quantitative estimate of drug-likeness (QED) is 0.601. The molecule has 0 aliphatic rings. The standard InChI is InChI=1S/C10H18N2O2/c1-4-14-10(13)8-9(2)12(3)7-5-6-11/h9H,4-5,7-8H2,1-3H3. The maximum Gasteiger partial charge on any atom is 0.307 e. The molecule has 0 N–H and O–H groups in total. The van der Waals surface area contributed by atoms with Crippen molar-refractivity contribution in [1.82, 2.24) is 4.90 Å². The Labute approximate surface area is 85.5 Å². The highest BCUT2D eigenvalue weighted by molar-refractivity contribution is 5.69. The van der Waals surface area contributed by atoms with Crippen LogP contribution in [0.3, 0.4) is 0 Å². The summed E-state index contributed by atoms with van der Waals surface area (Å²) in [5.41, 5.74) is 0. The molecule has 0 fully saturated rings. The minimum atomic E-state index is -0.177. The summed E-state index contributed by atoms with van der Waals surface area (Å²) in [6.07, 6.45) is 0.874. The van der Waals surface area contributed by atoms with Crippen molar-refractivity contribution < 1.29 is 9.53 Å². The summed E-state index contributed by atoms with van der Waals surface area (Å²) in [6, 6.07) is 2.20. The monoisotopic (exact) mass is 198 g/mol. The Hall–Kier alpha value is -1.08. The van der Waals surface area contributed by atoms with Crippen LogP contribution in [0, 0.1) is 11.3 Å². The van der Waals surface area contributed by atoms with Crippen LogP contribution in [-0.4, -0.2) is 37.1 Å². The summed E-state index contributed by atoms with van der Waals surface area (Å²) >= 11 is 0. The van der Waals surface area contributed by atoms with E-state index in [-0.39, 0.29) is 12.0 Å². The van der Waals surface area contributed by atoms with Crippen LogP contribution in [-0.2, 0) is 9.53 Å². The first-order chi connectivity index (χ1) is 6.61. The van der Waals surface area contributed by atoms with Crippen LogP contribution in [0.5, 0.6) is 0 Å². The van der Waals surface area contributed by atoms with Gasteiger partial charge in [0.15, 0.2) is 0 Å². The van der Waals surface area contributed by atoms with Gasteiger partial charge < -0.3 is 9.64 Å². The van der Waals surface area contributed by atoms with Gasteiger partial charge in [0.1, 0.15) is 0 Å². The molecule has 0 aliphatic heterocycles. The first-order valence-electron chi connectivity index (χ1n) is 4.84. The number of hydrogen-bond donors (Lipinski definition) is 0. The summed E-state index contributed by atoms with van der Waals surface area (Å²) in [5, 5.41) is 8.39. The second kappa shape index (κ2) is 7.34. The fourth-order valence-electron chi connectivity index (χ4n) is 1.06. The second-order valence-corrected chi connectivity index (χ2v) is 3.25. The molecule has 0 aliphatic carbocycles. The van der Waals surface area contributed by atoms with Crippen LogP contribution in [0.25, 0.3) is 0 Å². The lowest BCUT2D eigenvalue weighted by Crippen LogP contribution is -2.32. The van der Waals surface area contributed by atoms with Crippen molar-refractivity contribution in [2.24, 2.45) is 0 Å². The number of nitriles is 1. The number of nitrogens with zero attached hydrogens (tertiary/aromatic N) is 2. The van der Waals surface area contributed by atoms with Gasteiger partial charge in [0.25, 0.3) is 0 Å². The molecule has 0 aromatic carbocycles. The topological polar surface area (TPSA) is 53.3 Å². The zero-order valence-electron chi connectivity index (χ0n) is 9.12. The van der Waals surface area contributed by atoms with Gasteiger partial charge >= 0.3 is 5.97 Å². The van der Waals surface area contributed by atoms with Gasteiger partial charge in [-0.15, -0.1) is 0 Å². The van der Waals surface area contributed by atoms with Gasteiger partial charge in [-0.3, -0.25) is 4.79 Å². The number of esters is 1. The van der Waals surface area contributed by atoms with Crippen molar-refractivity contribution >= 4 is 5.97 Å². The lowest BCUT2D eigenvalue weighted by molar-refractivity contribution is -0.144. The Kier molecular flexibility index (Phi) is 6.77. The average molecular weight is 198 g/mol. The third kappa shape index (κ3) is 5.55. The molecule has 0 saturated carbocycles. The van der Waals surface area contributed by atoms with E-state index in [9.17, 15) is 4.79 Å². The Balaban J connectivity index is 3.77. The SMILES string of the molecule is CCOC(=O)CC(C)N(C)CCC#N. The summed E-state index contributed by atoms with van der Waals surface area (Å²) in [5.74, 6) is -0.177. The molecule has 4 heteroatoms. The molecule has 0 rings (SSSR count). The van der Waals surface area contributed by atoms with Crippen molar-refractivity contribution in [3.05, 3.63) is 0 Å². The van der Waals surface area contributed by atoms with E-state index in [0.717, 1.165) is 0 Å². The molecule has 0 saturated heterocycles. The molecular weight excluding hydrogens is 180 g/mol. The van der Waals surface area contributed by atoms with Gasteiger partial charge in [-0.25, -0.2) is 0 Å². The van der Waals surface area contributed by atoms with Crippen LogP contribution < -0.4 is 0 Å². The van der Waals surface area contributed by atoms with Crippen molar-refractivity contribution in [1.29, 1.82) is 5.26 Å². The lowest BCUT2D eigenvalue weighted by Gasteiger charge is -2.22. The van der Waals surface area contributed by atoms with Gasteiger partial charge in [0.05, 0.1) is 19.1 Å². The van der Waals surface area contributed by atoms with E-state index in [0.29, 0.717) is 26.0 Å². The highest BCUT2D eigenvalue weighted by atomic mass is 16.5. The number of hydrogen-bond acceptors (Lipinski definition) is 4. The van der Waals surface area contributed by atoms with Crippen molar-refractivity contribution in [3.8, 4) is 6.07 Å². The molecule has 0 bridgehead atoms. The Morgan fingerprint density at radius 2 is 2.29 bits per heavy atom. The molecule has 4 nitrogen and oxygen atoms in total. The number of ether oxygens (including phenoxy) is 1. The van der Waals surface area contributed by atoms with E-state index in [1.54, 1.807) is 6.92 Å². The molecule has 0 aromatic heterocycles. The highest BCUT2D eigenvalue weighted by Gasteiger charge is 2.13. The van der Waals surface area contributed by atoms with Crippen LogP contribution in [0.4, 0.5) is 0 Å².